The molecule has 2 amide bonds. The SMILES string of the molecule is CCCn1cc(Br)cc1C(=O)NC1CCC(=O)NC1. The molecule has 2 heterocycles. The number of nitrogens with zero attached hydrogens (tertiary/aromatic N) is 1. The van der Waals surface area contributed by atoms with Gasteiger partial charge in [0.2, 0.25) is 5.91 Å². The zero-order valence-corrected chi connectivity index (χ0v) is 12.5. The quantitative estimate of drug-likeness (QED) is 0.883. The minimum atomic E-state index is -0.0831. The first-order valence-corrected chi connectivity index (χ1v) is 7.32. The highest BCUT2D eigenvalue weighted by Gasteiger charge is 2.21. The fourth-order valence-electron chi connectivity index (χ4n) is 2.21. The predicted octanol–water partition coefficient (Wildman–Crippen LogP) is 1.67. The molecule has 2 N–H and O–H groups in total. The maximum Gasteiger partial charge on any atom is 0.268 e. The van der Waals surface area contributed by atoms with Crippen molar-refractivity contribution in [2.24, 2.45) is 0 Å². The first-order valence-electron chi connectivity index (χ1n) is 6.53. The monoisotopic (exact) mass is 327 g/mol. The summed E-state index contributed by atoms with van der Waals surface area (Å²) in [6.45, 7) is 3.41. The van der Waals surface area contributed by atoms with Crippen molar-refractivity contribution in [3.63, 3.8) is 0 Å². The highest BCUT2D eigenvalue weighted by molar-refractivity contribution is 9.10. The van der Waals surface area contributed by atoms with E-state index in [-0.39, 0.29) is 17.9 Å². The first kappa shape index (κ1) is 14.1. The average molecular weight is 328 g/mol. The fourth-order valence-corrected chi connectivity index (χ4v) is 2.67. The van der Waals surface area contributed by atoms with E-state index in [2.05, 4.69) is 33.5 Å². The molecule has 0 spiro atoms. The molecule has 0 saturated carbocycles. The highest BCUT2D eigenvalue weighted by Crippen LogP contribution is 2.16. The molecular formula is C13H18BrN3O2. The molecule has 1 aliphatic rings. The van der Waals surface area contributed by atoms with Crippen molar-refractivity contribution >= 4 is 27.7 Å². The lowest BCUT2D eigenvalue weighted by Gasteiger charge is -2.23. The number of aryl methyl sites for hydroxylation is 1. The maximum absolute atomic E-state index is 12.2. The molecule has 1 saturated heterocycles. The average Bonchev–Trinajstić information content (AvgIpc) is 2.74. The number of halogens is 1. The Hall–Kier alpha value is -1.30. The number of rotatable bonds is 4. The van der Waals surface area contributed by atoms with Gasteiger partial charge >= 0.3 is 0 Å². The van der Waals surface area contributed by atoms with Crippen LogP contribution in [-0.2, 0) is 11.3 Å². The van der Waals surface area contributed by atoms with Crippen LogP contribution in [0.15, 0.2) is 16.7 Å². The molecule has 1 atom stereocenters. The molecule has 0 aliphatic carbocycles. The number of carbonyl (C=O) groups excluding carboxylic acids is 2. The predicted molar refractivity (Wildman–Crippen MR) is 75.9 cm³/mol. The second-order valence-corrected chi connectivity index (χ2v) is 5.67. The van der Waals surface area contributed by atoms with E-state index in [1.165, 1.54) is 0 Å². The molecule has 1 aromatic heterocycles. The Balaban J connectivity index is 2.01. The second-order valence-electron chi connectivity index (χ2n) is 4.75. The van der Waals surface area contributed by atoms with Crippen LogP contribution in [0.2, 0.25) is 0 Å². The van der Waals surface area contributed by atoms with Gasteiger partial charge in [-0.25, -0.2) is 0 Å². The molecule has 1 unspecified atom stereocenters. The van der Waals surface area contributed by atoms with E-state index in [0.717, 1.165) is 17.4 Å². The minimum absolute atomic E-state index is 0.0222. The number of aromatic nitrogens is 1. The molecular weight excluding hydrogens is 310 g/mol. The summed E-state index contributed by atoms with van der Waals surface area (Å²) >= 11 is 3.40. The summed E-state index contributed by atoms with van der Waals surface area (Å²) in [6, 6.07) is 1.85. The van der Waals surface area contributed by atoms with Crippen molar-refractivity contribution in [3.8, 4) is 0 Å². The molecule has 5 nitrogen and oxygen atoms in total. The summed E-state index contributed by atoms with van der Waals surface area (Å²) in [4.78, 5) is 23.3. The summed E-state index contributed by atoms with van der Waals surface area (Å²) in [5.74, 6) is -0.0251. The van der Waals surface area contributed by atoms with Crippen LogP contribution in [0.1, 0.15) is 36.7 Å². The van der Waals surface area contributed by atoms with Gasteiger partial charge in [-0.15, -0.1) is 0 Å². The van der Waals surface area contributed by atoms with E-state index >= 15 is 0 Å². The third-order valence-corrected chi connectivity index (χ3v) is 3.59. The Morgan fingerprint density at radius 3 is 3.05 bits per heavy atom. The molecule has 104 valence electrons. The standard InChI is InChI=1S/C13H18BrN3O2/c1-2-5-17-8-9(14)6-11(17)13(19)16-10-3-4-12(18)15-7-10/h6,8,10H,2-5,7H2,1H3,(H,15,18)(H,16,19). The second kappa shape index (κ2) is 6.23. The smallest absolute Gasteiger partial charge is 0.268 e. The van der Waals surface area contributed by atoms with Crippen LogP contribution in [0.5, 0.6) is 0 Å². The third-order valence-electron chi connectivity index (χ3n) is 3.16. The van der Waals surface area contributed by atoms with E-state index in [1.54, 1.807) is 0 Å². The van der Waals surface area contributed by atoms with Gasteiger partial charge < -0.3 is 15.2 Å². The molecule has 1 aromatic rings. The number of nitrogens with one attached hydrogen (secondary N) is 2. The first-order chi connectivity index (χ1) is 9.10. The number of hydrogen-bond acceptors (Lipinski definition) is 2. The van der Waals surface area contributed by atoms with Gasteiger partial charge in [0.15, 0.2) is 0 Å². The van der Waals surface area contributed by atoms with Gasteiger partial charge in [-0.3, -0.25) is 9.59 Å². The number of piperidine rings is 1. The molecule has 0 bridgehead atoms. The molecule has 2 rings (SSSR count). The lowest BCUT2D eigenvalue weighted by molar-refractivity contribution is -0.122. The Bertz CT molecular complexity index is 474. The van der Waals surface area contributed by atoms with Gasteiger partial charge in [0.05, 0.1) is 0 Å². The van der Waals surface area contributed by atoms with Crippen molar-refractivity contribution < 1.29 is 9.59 Å². The van der Waals surface area contributed by atoms with Crippen molar-refractivity contribution in [2.45, 2.75) is 38.8 Å². The van der Waals surface area contributed by atoms with Crippen molar-refractivity contribution in [2.75, 3.05) is 6.54 Å². The lowest BCUT2D eigenvalue weighted by Crippen LogP contribution is -2.48. The molecule has 0 aromatic carbocycles. The van der Waals surface area contributed by atoms with Crippen molar-refractivity contribution in [1.29, 1.82) is 0 Å². The Morgan fingerprint density at radius 2 is 2.42 bits per heavy atom. The van der Waals surface area contributed by atoms with Crippen LogP contribution in [0.25, 0.3) is 0 Å². The van der Waals surface area contributed by atoms with Gasteiger partial charge in [0.25, 0.3) is 5.91 Å². The molecule has 1 aliphatic heterocycles. The fraction of sp³-hybridized carbons (Fsp3) is 0.538. The van der Waals surface area contributed by atoms with Crippen molar-refractivity contribution in [1.82, 2.24) is 15.2 Å². The molecule has 6 heteroatoms. The van der Waals surface area contributed by atoms with Gasteiger partial charge in [-0.05, 0) is 34.8 Å². The Morgan fingerprint density at radius 1 is 1.63 bits per heavy atom. The number of amides is 2. The summed E-state index contributed by atoms with van der Waals surface area (Å²) in [5, 5.41) is 5.74. The van der Waals surface area contributed by atoms with Crippen LogP contribution in [0, 0.1) is 0 Å². The lowest BCUT2D eigenvalue weighted by atomic mass is 10.1. The zero-order chi connectivity index (χ0) is 13.8. The third kappa shape index (κ3) is 3.59. The molecule has 0 radical (unpaired) electrons. The minimum Gasteiger partial charge on any atom is -0.354 e. The van der Waals surface area contributed by atoms with Gasteiger partial charge in [-0.2, -0.15) is 0 Å². The normalized spacial score (nSPS) is 19.1. The number of carbonyl (C=O) groups is 2. The van der Waals surface area contributed by atoms with Gasteiger partial charge in [0, 0.05) is 36.2 Å². The molecule has 1 fully saturated rings. The van der Waals surface area contributed by atoms with Crippen LogP contribution < -0.4 is 10.6 Å². The van der Waals surface area contributed by atoms with Crippen LogP contribution in [0.4, 0.5) is 0 Å². The van der Waals surface area contributed by atoms with Crippen LogP contribution >= 0.6 is 15.9 Å². The van der Waals surface area contributed by atoms with Gasteiger partial charge in [0.1, 0.15) is 5.69 Å². The topological polar surface area (TPSA) is 63.1 Å². The Labute approximate surface area is 120 Å². The van der Waals surface area contributed by atoms with Crippen LogP contribution in [0.3, 0.4) is 0 Å². The maximum atomic E-state index is 12.2. The van der Waals surface area contributed by atoms with Crippen molar-refractivity contribution in [3.05, 3.63) is 22.4 Å². The van der Waals surface area contributed by atoms with E-state index < -0.39 is 0 Å². The molecule has 19 heavy (non-hydrogen) atoms. The van der Waals surface area contributed by atoms with E-state index in [1.807, 2.05) is 16.8 Å². The van der Waals surface area contributed by atoms with E-state index in [9.17, 15) is 9.59 Å². The van der Waals surface area contributed by atoms with Crippen LogP contribution in [-0.4, -0.2) is 29.0 Å². The summed E-state index contributed by atoms with van der Waals surface area (Å²) < 4.78 is 2.85. The van der Waals surface area contributed by atoms with E-state index in [0.29, 0.717) is 25.1 Å². The van der Waals surface area contributed by atoms with Gasteiger partial charge in [-0.1, -0.05) is 6.92 Å². The van der Waals surface area contributed by atoms with E-state index in [4.69, 9.17) is 0 Å². The highest BCUT2D eigenvalue weighted by atomic mass is 79.9. The summed E-state index contributed by atoms with van der Waals surface area (Å²) in [6.07, 6.45) is 4.07. The number of hydrogen-bond donors (Lipinski definition) is 2. The summed E-state index contributed by atoms with van der Waals surface area (Å²) in [7, 11) is 0. The zero-order valence-electron chi connectivity index (χ0n) is 10.9. The Kier molecular flexibility index (Phi) is 4.63. The summed E-state index contributed by atoms with van der Waals surface area (Å²) in [5.41, 5.74) is 0.658. The largest absolute Gasteiger partial charge is 0.354 e.